The SMILES string of the molecule is CC(C)(C)OC(=O)NCCCC(=O)NCC(NC(=O)c1ccc(C#Cc2ccccc2)cc1)C(=O)NO. The maximum Gasteiger partial charge on any atom is 0.407 e. The minimum absolute atomic E-state index is 0.0721. The fourth-order valence-corrected chi connectivity index (χ4v) is 2.96. The molecule has 0 aliphatic carbocycles. The number of amides is 4. The van der Waals surface area contributed by atoms with Crippen LogP contribution in [0.5, 0.6) is 0 Å². The molecule has 0 aliphatic rings. The van der Waals surface area contributed by atoms with E-state index in [1.807, 2.05) is 30.3 Å². The summed E-state index contributed by atoms with van der Waals surface area (Å²) in [5.41, 5.74) is 2.72. The first-order valence-corrected chi connectivity index (χ1v) is 11.7. The Kier molecular flexibility index (Phi) is 11.1. The quantitative estimate of drug-likeness (QED) is 0.152. The summed E-state index contributed by atoms with van der Waals surface area (Å²) < 4.78 is 5.11. The lowest BCUT2D eigenvalue weighted by molar-refractivity contribution is -0.131. The van der Waals surface area contributed by atoms with Crippen LogP contribution in [0, 0.1) is 11.8 Å². The molecule has 0 aromatic heterocycles. The number of carbonyl (C=O) groups is 4. The highest BCUT2D eigenvalue weighted by molar-refractivity contribution is 5.97. The highest BCUT2D eigenvalue weighted by Gasteiger charge is 2.22. The van der Waals surface area contributed by atoms with Gasteiger partial charge >= 0.3 is 6.09 Å². The molecule has 0 fully saturated rings. The van der Waals surface area contributed by atoms with E-state index in [1.165, 1.54) is 5.48 Å². The van der Waals surface area contributed by atoms with Crippen molar-refractivity contribution in [2.75, 3.05) is 13.1 Å². The summed E-state index contributed by atoms with van der Waals surface area (Å²) in [5.74, 6) is 4.20. The molecule has 10 nitrogen and oxygen atoms in total. The van der Waals surface area contributed by atoms with Crippen molar-refractivity contribution in [1.82, 2.24) is 21.4 Å². The number of hydrogen-bond donors (Lipinski definition) is 5. The van der Waals surface area contributed by atoms with E-state index in [1.54, 1.807) is 45.0 Å². The summed E-state index contributed by atoms with van der Waals surface area (Å²) >= 11 is 0. The van der Waals surface area contributed by atoms with E-state index in [4.69, 9.17) is 9.94 Å². The van der Waals surface area contributed by atoms with Crippen molar-refractivity contribution in [2.45, 2.75) is 45.3 Å². The van der Waals surface area contributed by atoms with E-state index < -0.39 is 35.5 Å². The molecular formula is C27H32N4O6. The molecule has 10 heteroatoms. The first kappa shape index (κ1) is 28.9. The molecule has 0 aliphatic heterocycles. The van der Waals surface area contributed by atoms with Crippen molar-refractivity contribution >= 4 is 23.8 Å². The number of hydroxylamine groups is 1. The number of rotatable bonds is 9. The third kappa shape index (κ3) is 11.3. The van der Waals surface area contributed by atoms with E-state index >= 15 is 0 Å². The van der Waals surface area contributed by atoms with Crippen LogP contribution in [0.15, 0.2) is 54.6 Å². The molecule has 2 rings (SSSR count). The van der Waals surface area contributed by atoms with Gasteiger partial charge in [-0.25, -0.2) is 10.3 Å². The number of carbonyl (C=O) groups excluding carboxylic acids is 4. The third-order valence-electron chi connectivity index (χ3n) is 4.76. The average molecular weight is 509 g/mol. The minimum Gasteiger partial charge on any atom is -0.444 e. The second-order valence-electron chi connectivity index (χ2n) is 9.03. The molecule has 0 saturated carbocycles. The molecule has 1 atom stereocenters. The molecule has 2 aromatic carbocycles. The monoisotopic (exact) mass is 508 g/mol. The van der Waals surface area contributed by atoms with Crippen molar-refractivity contribution in [3.05, 3.63) is 71.3 Å². The predicted molar refractivity (Wildman–Crippen MR) is 137 cm³/mol. The Hall–Kier alpha value is -4.36. The van der Waals surface area contributed by atoms with E-state index in [0.29, 0.717) is 12.0 Å². The van der Waals surface area contributed by atoms with Gasteiger partial charge in [-0.05, 0) is 63.6 Å². The second kappa shape index (κ2) is 14.3. The maximum absolute atomic E-state index is 12.6. The zero-order valence-corrected chi connectivity index (χ0v) is 21.1. The lowest BCUT2D eigenvalue weighted by Crippen LogP contribution is -2.52. The molecule has 0 bridgehead atoms. The standard InChI is InChI=1S/C27H32N4O6/c1-27(2,3)37-26(35)28-17-7-10-23(32)29-18-22(25(34)31-36)30-24(33)21-15-13-20(14-16-21)12-11-19-8-5-4-6-9-19/h4-6,8-9,13-16,22,36H,7,10,17-18H2,1-3H3,(H,28,35)(H,29,32)(H,30,33)(H,31,34). The van der Waals surface area contributed by atoms with Crippen LogP contribution < -0.4 is 21.4 Å². The van der Waals surface area contributed by atoms with E-state index in [2.05, 4.69) is 27.8 Å². The van der Waals surface area contributed by atoms with Crippen molar-refractivity contribution in [1.29, 1.82) is 0 Å². The summed E-state index contributed by atoms with van der Waals surface area (Å²) in [6.45, 7) is 5.22. The van der Waals surface area contributed by atoms with Gasteiger partial charge in [0.05, 0.1) is 0 Å². The van der Waals surface area contributed by atoms with Gasteiger partial charge in [-0.3, -0.25) is 19.6 Å². The Balaban J connectivity index is 1.83. The van der Waals surface area contributed by atoms with Crippen molar-refractivity contribution in [3.63, 3.8) is 0 Å². The Bertz CT molecular complexity index is 1130. The summed E-state index contributed by atoms with van der Waals surface area (Å²) in [4.78, 5) is 48.3. The Morgan fingerprint density at radius 1 is 0.919 bits per heavy atom. The van der Waals surface area contributed by atoms with Gasteiger partial charge in [-0.1, -0.05) is 30.0 Å². The Morgan fingerprint density at radius 3 is 2.14 bits per heavy atom. The largest absolute Gasteiger partial charge is 0.444 e. The number of alkyl carbamates (subject to hydrolysis) is 1. The van der Waals surface area contributed by atoms with E-state index in [0.717, 1.165) is 5.56 Å². The molecule has 0 heterocycles. The average Bonchev–Trinajstić information content (AvgIpc) is 2.87. The lowest BCUT2D eigenvalue weighted by atomic mass is 10.1. The molecule has 0 spiro atoms. The van der Waals surface area contributed by atoms with Crippen LogP contribution in [0.4, 0.5) is 4.79 Å². The fourth-order valence-electron chi connectivity index (χ4n) is 2.96. The van der Waals surface area contributed by atoms with Crippen LogP contribution in [-0.2, 0) is 14.3 Å². The molecule has 2 aromatic rings. The molecule has 196 valence electrons. The van der Waals surface area contributed by atoms with Gasteiger partial charge < -0.3 is 20.7 Å². The molecule has 5 N–H and O–H groups in total. The number of nitrogens with one attached hydrogen (secondary N) is 4. The first-order valence-electron chi connectivity index (χ1n) is 11.7. The second-order valence-corrected chi connectivity index (χ2v) is 9.03. The molecular weight excluding hydrogens is 476 g/mol. The zero-order chi connectivity index (χ0) is 27.3. The number of hydrogen-bond acceptors (Lipinski definition) is 6. The summed E-state index contributed by atoms with van der Waals surface area (Å²) in [7, 11) is 0. The van der Waals surface area contributed by atoms with Gasteiger partial charge in [-0.2, -0.15) is 0 Å². The zero-order valence-electron chi connectivity index (χ0n) is 21.1. The van der Waals surface area contributed by atoms with Crippen LogP contribution in [0.25, 0.3) is 0 Å². The number of ether oxygens (including phenoxy) is 1. The fraction of sp³-hybridized carbons (Fsp3) is 0.333. The van der Waals surface area contributed by atoms with Gasteiger partial charge in [0.15, 0.2) is 0 Å². The molecule has 0 saturated heterocycles. The lowest BCUT2D eigenvalue weighted by Gasteiger charge is -2.19. The summed E-state index contributed by atoms with van der Waals surface area (Å²) in [6, 6.07) is 14.7. The highest BCUT2D eigenvalue weighted by Crippen LogP contribution is 2.07. The van der Waals surface area contributed by atoms with Crippen LogP contribution in [0.1, 0.15) is 55.1 Å². The van der Waals surface area contributed by atoms with Gasteiger partial charge in [0.25, 0.3) is 11.8 Å². The summed E-state index contributed by atoms with van der Waals surface area (Å²) in [6.07, 6.45) is -0.164. The van der Waals surface area contributed by atoms with Crippen LogP contribution >= 0.6 is 0 Å². The third-order valence-corrected chi connectivity index (χ3v) is 4.76. The minimum atomic E-state index is -1.21. The first-order chi connectivity index (χ1) is 17.6. The van der Waals surface area contributed by atoms with Gasteiger partial charge in [0.1, 0.15) is 11.6 Å². The van der Waals surface area contributed by atoms with Crippen LogP contribution in [0.2, 0.25) is 0 Å². The molecule has 1 unspecified atom stereocenters. The topological polar surface area (TPSA) is 146 Å². The molecule has 0 radical (unpaired) electrons. The molecule has 37 heavy (non-hydrogen) atoms. The summed E-state index contributed by atoms with van der Waals surface area (Å²) in [5, 5.41) is 16.6. The Morgan fingerprint density at radius 2 is 1.54 bits per heavy atom. The van der Waals surface area contributed by atoms with E-state index in [9.17, 15) is 19.2 Å². The van der Waals surface area contributed by atoms with Crippen molar-refractivity contribution < 1.29 is 29.1 Å². The van der Waals surface area contributed by atoms with Crippen LogP contribution in [-0.4, -0.2) is 53.8 Å². The van der Waals surface area contributed by atoms with Gasteiger partial charge in [-0.15, -0.1) is 0 Å². The van der Waals surface area contributed by atoms with Crippen molar-refractivity contribution in [3.8, 4) is 11.8 Å². The number of benzene rings is 2. The van der Waals surface area contributed by atoms with Gasteiger partial charge in [0.2, 0.25) is 5.91 Å². The maximum atomic E-state index is 12.6. The molecule has 4 amide bonds. The van der Waals surface area contributed by atoms with Gasteiger partial charge in [0, 0.05) is 36.2 Å². The van der Waals surface area contributed by atoms with Crippen LogP contribution in [0.3, 0.4) is 0 Å². The van der Waals surface area contributed by atoms with Crippen molar-refractivity contribution in [2.24, 2.45) is 0 Å². The normalized spacial score (nSPS) is 11.2. The van der Waals surface area contributed by atoms with E-state index in [-0.39, 0.29) is 25.1 Å². The smallest absolute Gasteiger partial charge is 0.407 e. The Labute approximate surface area is 216 Å². The highest BCUT2D eigenvalue weighted by atomic mass is 16.6. The predicted octanol–water partition coefficient (Wildman–Crippen LogP) is 2.11.